The molecule has 0 aliphatic heterocycles. The van der Waals surface area contributed by atoms with Gasteiger partial charge in [-0.05, 0) is 19.8 Å². The van der Waals surface area contributed by atoms with Crippen molar-refractivity contribution < 1.29 is 9.53 Å². The van der Waals surface area contributed by atoms with Crippen LogP contribution in [-0.4, -0.2) is 43.2 Å². The lowest BCUT2D eigenvalue weighted by atomic mass is 9.81. The summed E-state index contributed by atoms with van der Waals surface area (Å²) in [5.74, 6) is 0.0758. The molecule has 0 aromatic rings. The zero-order valence-electron chi connectivity index (χ0n) is 10.5. The van der Waals surface area contributed by atoms with Gasteiger partial charge >= 0.3 is 0 Å². The van der Waals surface area contributed by atoms with Crippen LogP contribution in [0, 0.1) is 0 Å². The van der Waals surface area contributed by atoms with E-state index >= 15 is 0 Å². The maximum absolute atomic E-state index is 12.2. The number of hydrogen-bond donors (Lipinski definition) is 1. The van der Waals surface area contributed by atoms with Crippen LogP contribution in [0.25, 0.3) is 0 Å². The quantitative estimate of drug-likeness (QED) is 0.718. The van der Waals surface area contributed by atoms with Crippen LogP contribution in [0.15, 0.2) is 0 Å². The van der Waals surface area contributed by atoms with E-state index < -0.39 is 5.54 Å². The molecule has 1 fully saturated rings. The number of nitrogens with zero attached hydrogens (tertiary/aromatic N) is 1. The molecule has 1 rings (SSSR count). The van der Waals surface area contributed by atoms with Crippen molar-refractivity contribution in [2.45, 2.75) is 44.6 Å². The average molecular weight is 228 g/mol. The van der Waals surface area contributed by atoms with E-state index in [-0.39, 0.29) is 5.91 Å². The highest BCUT2D eigenvalue weighted by molar-refractivity contribution is 5.86. The van der Waals surface area contributed by atoms with E-state index in [1.807, 2.05) is 14.0 Å². The zero-order chi connectivity index (χ0) is 12.0. The topological polar surface area (TPSA) is 55.6 Å². The van der Waals surface area contributed by atoms with E-state index in [2.05, 4.69) is 0 Å². The second-order valence-corrected chi connectivity index (χ2v) is 4.64. The molecule has 0 unspecified atom stereocenters. The van der Waals surface area contributed by atoms with Crippen molar-refractivity contribution in [2.75, 3.05) is 26.8 Å². The number of likely N-dealkylation sites (N-methyl/N-ethyl adjacent to an activating group) is 1. The normalized spacial score (nSPS) is 19.4. The van der Waals surface area contributed by atoms with Gasteiger partial charge in [-0.25, -0.2) is 0 Å². The monoisotopic (exact) mass is 228 g/mol. The number of nitrogens with two attached hydrogens (primary N) is 1. The fourth-order valence-corrected chi connectivity index (χ4v) is 2.22. The first-order valence-electron chi connectivity index (χ1n) is 6.22. The number of ether oxygens (including phenoxy) is 1. The van der Waals surface area contributed by atoms with Gasteiger partial charge in [0.1, 0.15) is 0 Å². The van der Waals surface area contributed by atoms with Gasteiger partial charge in [-0.1, -0.05) is 19.3 Å². The summed E-state index contributed by atoms with van der Waals surface area (Å²) in [6, 6.07) is 0. The van der Waals surface area contributed by atoms with Gasteiger partial charge in [-0.15, -0.1) is 0 Å². The number of hydrogen-bond acceptors (Lipinski definition) is 3. The van der Waals surface area contributed by atoms with Crippen LogP contribution < -0.4 is 5.73 Å². The molecule has 1 saturated carbocycles. The third-order valence-electron chi connectivity index (χ3n) is 3.29. The summed E-state index contributed by atoms with van der Waals surface area (Å²) in [7, 11) is 1.81. The predicted octanol–water partition coefficient (Wildman–Crippen LogP) is 1.14. The summed E-state index contributed by atoms with van der Waals surface area (Å²) in [6.45, 7) is 3.86. The van der Waals surface area contributed by atoms with Crippen LogP contribution in [0.5, 0.6) is 0 Å². The van der Waals surface area contributed by atoms with Crippen LogP contribution in [0.2, 0.25) is 0 Å². The lowest BCUT2D eigenvalue weighted by molar-refractivity contribution is -0.137. The number of carbonyl (C=O) groups excluding carboxylic acids is 1. The van der Waals surface area contributed by atoms with Crippen molar-refractivity contribution in [2.24, 2.45) is 5.73 Å². The maximum Gasteiger partial charge on any atom is 0.242 e. The van der Waals surface area contributed by atoms with E-state index in [1.54, 1.807) is 4.90 Å². The minimum absolute atomic E-state index is 0.0758. The minimum Gasteiger partial charge on any atom is -0.380 e. The highest BCUT2D eigenvalue weighted by atomic mass is 16.5. The highest BCUT2D eigenvalue weighted by Crippen LogP contribution is 2.27. The molecule has 0 saturated heterocycles. The standard InChI is InChI=1S/C12H24N2O2/c1-3-16-10-9-14(2)11(15)12(13)7-5-4-6-8-12/h3-10,13H2,1-2H3. The average Bonchev–Trinajstić information content (AvgIpc) is 2.29. The fraction of sp³-hybridized carbons (Fsp3) is 0.917. The summed E-state index contributed by atoms with van der Waals surface area (Å²) in [5, 5.41) is 0. The van der Waals surface area contributed by atoms with Gasteiger partial charge in [-0.2, -0.15) is 0 Å². The van der Waals surface area contributed by atoms with Gasteiger partial charge in [0.15, 0.2) is 0 Å². The molecule has 0 aromatic carbocycles. The second-order valence-electron chi connectivity index (χ2n) is 4.64. The Morgan fingerprint density at radius 2 is 2.00 bits per heavy atom. The highest BCUT2D eigenvalue weighted by Gasteiger charge is 2.36. The van der Waals surface area contributed by atoms with Crippen molar-refractivity contribution >= 4 is 5.91 Å². The molecule has 0 radical (unpaired) electrons. The van der Waals surface area contributed by atoms with Crippen LogP contribution in [-0.2, 0) is 9.53 Å². The number of amides is 1. The molecule has 1 amide bonds. The smallest absolute Gasteiger partial charge is 0.242 e. The van der Waals surface area contributed by atoms with Gasteiger partial charge in [-0.3, -0.25) is 4.79 Å². The molecule has 0 atom stereocenters. The minimum atomic E-state index is -0.612. The van der Waals surface area contributed by atoms with Crippen molar-refractivity contribution in [3.63, 3.8) is 0 Å². The van der Waals surface area contributed by atoms with Crippen molar-refractivity contribution in [3.05, 3.63) is 0 Å². The molecule has 0 aromatic heterocycles. The molecule has 0 spiro atoms. The first-order chi connectivity index (χ1) is 7.60. The molecule has 2 N–H and O–H groups in total. The Balaban J connectivity index is 2.41. The molecule has 0 bridgehead atoms. The number of rotatable bonds is 5. The van der Waals surface area contributed by atoms with Crippen LogP contribution in [0.1, 0.15) is 39.0 Å². The van der Waals surface area contributed by atoms with E-state index in [4.69, 9.17) is 10.5 Å². The summed E-state index contributed by atoms with van der Waals surface area (Å²) in [5.41, 5.74) is 5.56. The first-order valence-corrected chi connectivity index (χ1v) is 6.22. The van der Waals surface area contributed by atoms with E-state index in [0.717, 1.165) is 25.7 Å². The molecule has 4 nitrogen and oxygen atoms in total. The van der Waals surface area contributed by atoms with Gasteiger partial charge in [0.2, 0.25) is 5.91 Å². The molecule has 94 valence electrons. The van der Waals surface area contributed by atoms with E-state index in [0.29, 0.717) is 19.8 Å². The van der Waals surface area contributed by atoms with Gasteiger partial charge in [0.25, 0.3) is 0 Å². The summed E-state index contributed by atoms with van der Waals surface area (Å²) in [6.07, 6.45) is 4.99. The maximum atomic E-state index is 12.2. The zero-order valence-corrected chi connectivity index (χ0v) is 10.5. The largest absolute Gasteiger partial charge is 0.380 e. The molecular formula is C12H24N2O2. The third-order valence-corrected chi connectivity index (χ3v) is 3.29. The molecule has 1 aliphatic rings. The Morgan fingerprint density at radius 1 is 1.38 bits per heavy atom. The van der Waals surface area contributed by atoms with Gasteiger partial charge in [0, 0.05) is 20.2 Å². The van der Waals surface area contributed by atoms with Gasteiger partial charge in [0.05, 0.1) is 12.1 Å². The first kappa shape index (κ1) is 13.5. The summed E-state index contributed by atoms with van der Waals surface area (Å²) < 4.78 is 5.24. The molecule has 16 heavy (non-hydrogen) atoms. The predicted molar refractivity (Wildman–Crippen MR) is 64.1 cm³/mol. The third kappa shape index (κ3) is 3.46. The second kappa shape index (κ2) is 6.21. The molecular weight excluding hydrogens is 204 g/mol. The van der Waals surface area contributed by atoms with Crippen LogP contribution in [0.3, 0.4) is 0 Å². The Bertz CT molecular complexity index is 225. The Hall–Kier alpha value is -0.610. The van der Waals surface area contributed by atoms with Gasteiger partial charge < -0.3 is 15.4 Å². The summed E-state index contributed by atoms with van der Waals surface area (Å²) in [4.78, 5) is 13.9. The van der Waals surface area contributed by atoms with Crippen LogP contribution in [0.4, 0.5) is 0 Å². The fourth-order valence-electron chi connectivity index (χ4n) is 2.22. The van der Waals surface area contributed by atoms with Crippen molar-refractivity contribution in [1.29, 1.82) is 0 Å². The number of carbonyl (C=O) groups is 1. The van der Waals surface area contributed by atoms with Crippen molar-refractivity contribution in [3.8, 4) is 0 Å². The van der Waals surface area contributed by atoms with E-state index in [1.165, 1.54) is 6.42 Å². The molecule has 4 heteroatoms. The van der Waals surface area contributed by atoms with Crippen LogP contribution >= 0.6 is 0 Å². The lowest BCUT2D eigenvalue weighted by Crippen LogP contribution is -2.55. The lowest BCUT2D eigenvalue weighted by Gasteiger charge is -2.35. The van der Waals surface area contributed by atoms with E-state index in [9.17, 15) is 4.79 Å². The Labute approximate surface area is 98.1 Å². The SMILES string of the molecule is CCOCCN(C)C(=O)C1(N)CCCCC1. The van der Waals surface area contributed by atoms with Crippen molar-refractivity contribution in [1.82, 2.24) is 4.90 Å². The Morgan fingerprint density at radius 3 is 2.56 bits per heavy atom. The molecule has 1 aliphatic carbocycles. The summed E-state index contributed by atoms with van der Waals surface area (Å²) >= 11 is 0. The molecule has 0 heterocycles. The Kier molecular flexibility index (Phi) is 5.22.